The van der Waals surface area contributed by atoms with Gasteiger partial charge in [0.05, 0.1) is 30.7 Å². The third-order valence-corrected chi connectivity index (χ3v) is 8.60. The molecule has 1 aromatic carbocycles. The Bertz CT molecular complexity index is 1620. The van der Waals surface area contributed by atoms with E-state index in [1.165, 1.54) is 23.5 Å². The second-order valence-electron chi connectivity index (χ2n) is 10.3. The lowest BCUT2D eigenvalue weighted by Gasteiger charge is -2.39. The first-order valence-electron chi connectivity index (χ1n) is 13.5. The minimum atomic E-state index is -0.344. The SMILES string of the molecule is CCc1nc2cnc(N3CCN(C(=O)CN4CC(O)C4)CC3)cn2c1N(C)c1nc(-c2ccc(F)cc2)c(C#N)s1. The number of rotatable bonds is 7. The molecule has 11 nitrogen and oxygen atoms in total. The van der Waals surface area contributed by atoms with Gasteiger partial charge in [-0.1, -0.05) is 18.3 Å². The molecular weight excluding hydrogens is 545 g/mol. The number of aliphatic hydroxyl groups is 1. The molecule has 0 unspecified atom stereocenters. The van der Waals surface area contributed by atoms with Crippen molar-refractivity contribution in [3.63, 3.8) is 0 Å². The molecule has 0 atom stereocenters. The Morgan fingerprint density at radius 1 is 1.20 bits per heavy atom. The first-order valence-corrected chi connectivity index (χ1v) is 14.4. The summed E-state index contributed by atoms with van der Waals surface area (Å²) < 4.78 is 15.5. The molecule has 41 heavy (non-hydrogen) atoms. The first-order chi connectivity index (χ1) is 19.8. The van der Waals surface area contributed by atoms with E-state index >= 15 is 0 Å². The molecule has 0 saturated carbocycles. The Labute approximate surface area is 240 Å². The first kappa shape index (κ1) is 27.1. The monoisotopic (exact) mass is 575 g/mol. The van der Waals surface area contributed by atoms with Gasteiger partial charge in [-0.15, -0.1) is 0 Å². The van der Waals surface area contributed by atoms with Crippen molar-refractivity contribution in [2.45, 2.75) is 19.4 Å². The van der Waals surface area contributed by atoms with Crippen LogP contribution in [-0.2, 0) is 11.2 Å². The Morgan fingerprint density at radius 2 is 1.93 bits per heavy atom. The zero-order valence-corrected chi connectivity index (χ0v) is 23.7. The molecule has 0 radical (unpaired) electrons. The van der Waals surface area contributed by atoms with E-state index in [4.69, 9.17) is 9.97 Å². The number of nitriles is 1. The van der Waals surface area contributed by atoms with Gasteiger partial charge in [-0.05, 0) is 30.7 Å². The van der Waals surface area contributed by atoms with Crippen molar-refractivity contribution in [2.24, 2.45) is 0 Å². The molecule has 2 fully saturated rings. The molecule has 0 bridgehead atoms. The maximum Gasteiger partial charge on any atom is 0.236 e. The van der Waals surface area contributed by atoms with Gasteiger partial charge in [0.2, 0.25) is 5.91 Å². The van der Waals surface area contributed by atoms with Crippen LogP contribution in [0.5, 0.6) is 0 Å². The van der Waals surface area contributed by atoms with Crippen molar-refractivity contribution < 1.29 is 14.3 Å². The summed E-state index contributed by atoms with van der Waals surface area (Å²) in [6.45, 7) is 6.03. The number of piperazine rings is 1. The minimum absolute atomic E-state index is 0.0891. The van der Waals surface area contributed by atoms with Gasteiger partial charge in [0, 0.05) is 51.9 Å². The molecule has 6 rings (SSSR count). The van der Waals surface area contributed by atoms with Crippen LogP contribution in [-0.4, -0.2) is 99.1 Å². The van der Waals surface area contributed by atoms with Crippen molar-refractivity contribution in [1.29, 1.82) is 5.26 Å². The number of fused-ring (bicyclic) bond motifs is 1. The third kappa shape index (κ3) is 5.21. The number of halogens is 1. The summed E-state index contributed by atoms with van der Waals surface area (Å²) in [5.74, 6) is 1.36. The lowest BCUT2D eigenvalue weighted by atomic mass is 10.1. The topological polar surface area (TPSA) is 117 Å². The van der Waals surface area contributed by atoms with E-state index in [-0.39, 0.29) is 17.8 Å². The van der Waals surface area contributed by atoms with Crippen LogP contribution in [0.4, 0.5) is 21.2 Å². The Balaban J connectivity index is 1.24. The number of hydrogen-bond donors (Lipinski definition) is 1. The summed E-state index contributed by atoms with van der Waals surface area (Å²) >= 11 is 1.28. The number of imidazole rings is 1. The molecule has 2 saturated heterocycles. The minimum Gasteiger partial charge on any atom is -0.390 e. The Hall–Kier alpha value is -4.12. The molecule has 3 aromatic heterocycles. The van der Waals surface area contributed by atoms with Crippen LogP contribution < -0.4 is 9.80 Å². The highest BCUT2D eigenvalue weighted by molar-refractivity contribution is 7.16. The molecular formula is C28H30FN9O2S. The fourth-order valence-electron chi connectivity index (χ4n) is 5.31. The number of thiazole rings is 1. The molecule has 1 N–H and O–H groups in total. The van der Waals surface area contributed by atoms with Crippen molar-refractivity contribution >= 4 is 39.7 Å². The third-order valence-electron chi connectivity index (χ3n) is 7.57. The largest absolute Gasteiger partial charge is 0.390 e. The molecule has 0 aliphatic carbocycles. The highest BCUT2D eigenvalue weighted by atomic mass is 32.1. The smallest absolute Gasteiger partial charge is 0.236 e. The summed E-state index contributed by atoms with van der Waals surface area (Å²) in [4.78, 5) is 35.3. The number of benzene rings is 1. The van der Waals surface area contributed by atoms with Gasteiger partial charge in [0.25, 0.3) is 0 Å². The normalized spacial score (nSPS) is 16.2. The number of anilines is 3. The van der Waals surface area contributed by atoms with Gasteiger partial charge in [0.1, 0.15) is 34.1 Å². The van der Waals surface area contributed by atoms with Crippen LogP contribution in [0.2, 0.25) is 0 Å². The van der Waals surface area contributed by atoms with Gasteiger partial charge in [0.15, 0.2) is 10.8 Å². The molecule has 1 amide bonds. The predicted molar refractivity (Wildman–Crippen MR) is 154 cm³/mol. The standard InChI is InChI=1S/C28H30FN9O2S/c1-3-21-27(34(2)28-33-26(22(12-30)41-28)18-4-6-19(29)7-5-18)38-16-24(31-13-23(38)32-21)36-8-10-37(11-9-36)25(40)17-35-14-20(39)15-35/h4-7,13,16,20,39H,3,8-11,14-15,17H2,1-2H3. The number of carbonyl (C=O) groups excluding carboxylic acids is 1. The molecule has 212 valence electrons. The number of hydrogen-bond acceptors (Lipinski definition) is 10. The highest BCUT2D eigenvalue weighted by Crippen LogP contribution is 2.37. The summed E-state index contributed by atoms with van der Waals surface area (Å²) in [6, 6.07) is 8.21. The number of carbonyl (C=O) groups is 1. The zero-order chi connectivity index (χ0) is 28.7. The predicted octanol–water partition coefficient (Wildman–Crippen LogP) is 2.52. The zero-order valence-electron chi connectivity index (χ0n) is 22.9. The molecule has 2 aliphatic heterocycles. The fraction of sp³-hybridized carbons (Fsp3) is 0.393. The number of nitrogens with zero attached hydrogens (tertiary/aromatic N) is 9. The van der Waals surface area contributed by atoms with Crippen molar-refractivity contribution in [3.05, 3.63) is 53.0 Å². The van der Waals surface area contributed by atoms with E-state index in [2.05, 4.69) is 16.0 Å². The number of β-amino-alcohol motifs (C(OH)–C–C–N with tert-alkyl or cyclic N) is 1. The van der Waals surface area contributed by atoms with Gasteiger partial charge in [-0.3, -0.25) is 14.1 Å². The van der Waals surface area contributed by atoms with Crippen LogP contribution >= 0.6 is 11.3 Å². The van der Waals surface area contributed by atoms with Crippen molar-refractivity contribution in [1.82, 2.24) is 29.2 Å². The Kier molecular flexibility index (Phi) is 7.29. The van der Waals surface area contributed by atoms with E-state index in [9.17, 15) is 19.6 Å². The van der Waals surface area contributed by atoms with E-state index in [1.807, 2.05) is 39.3 Å². The van der Waals surface area contributed by atoms with E-state index in [0.29, 0.717) is 79.1 Å². The van der Waals surface area contributed by atoms with Crippen LogP contribution in [0.25, 0.3) is 16.9 Å². The van der Waals surface area contributed by atoms with Crippen LogP contribution in [0, 0.1) is 17.1 Å². The van der Waals surface area contributed by atoms with E-state index in [0.717, 1.165) is 17.3 Å². The number of amides is 1. The van der Waals surface area contributed by atoms with E-state index < -0.39 is 0 Å². The van der Waals surface area contributed by atoms with Gasteiger partial charge in [-0.2, -0.15) is 5.26 Å². The molecule has 0 spiro atoms. The fourth-order valence-corrected chi connectivity index (χ4v) is 6.16. The second-order valence-corrected chi connectivity index (χ2v) is 11.3. The number of aromatic nitrogens is 4. The summed E-state index contributed by atoms with van der Waals surface area (Å²) in [5, 5.41) is 19.9. The van der Waals surface area contributed by atoms with E-state index in [1.54, 1.807) is 18.3 Å². The number of aliphatic hydroxyl groups excluding tert-OH is 1. The number of aryl methyl sites for hydroxylation is 1. The van der Waals surface area contributed by atoms with Gasteiger partial charge in [-0.25, -0.2) is 19.3 Å². The molecule has 2 aliphatic rings. The van der Waals surface area contributed by atoms with Crippen LogP contribution in [0.3, 0.4) is 0 Å². The van der Waals surface area contributed by atoms with Gasteiger partial charge < -0.3 is 19.8 Å². The summed E-state index contributed by atoms with van der Waals surface area (Å²) in [7, 11) is 1.90. The Morgan fingerprint density at radius 3 is 2.59 bits per heavy atom. The average Bonchev–Trinajstić information content (AvgIpc) is 3.58. The van der Waals surface area contributed by atoms with Crippen molar-refractivity contribution in [2.75, 3.05) is 62.7 Å². The quantitative estimate of drug-likeness (QED) is 0.355. The summed E-state index contributed by atoms with van der Waals surface area (Å²) in [5.41, 5.74) is 2.77. The lowest BCUT2D eigenvalue weighted by molar-refractivity contribution is -0.135. The van der Waals surface area contributed by atoms with Crippen LogP contribution in [0.1, 0.15) is 17.5 Å². The molecule has 5 heterocycles. The second kappa shape index (κ2) is 11.0. The molecule has 4 aromatic rings. The lowest BCUT2D eigenvalue weighted by Crippen LogP contribution is -2.56. The van der Waals surface area contributed by atoms with Crippen LogP contribution in [0.15, 0.2) is 36.7 Å². The maximum absolute atomic E-state index is 13.5. The number of likely N-dealkylation sites (tertiary alicyclic amines) is 1. The maximum atomic E-state index is 13.5. The molecule has 13 heteroatoms. The van der Waals surface area contributed by atoms with Crippen molar-refractivity contribution in [3.8, 4) is 17.3 Å². The average molecular weight is 576 g/mol. The summed E-state index contributed by atoms with van der Waals surface area (Å²) in [6.07, 6.45) is 4.09. The van der Waals surface area contributed by atoms with Gasteiger partial charge >= 0.3 is 0 Å². The highest BCUT2D eigenvalue weighted by Gasteiger charge is 2.30.